The molecule has 0 aliphatic heterocycles. The third-order valence-electron chi connectivity index (χ3n) is 5.87. The van der Waals surface area contributed by atoms with Crippen molar-refractivity contribution in [1.82, 2.24) is 19.3 Å². The van der Waals surface area contributed by atoms with Crippen LogP contribution in [0.5, 0.6) is 0 Å². The minimum atomic E-state index is -0.176. The minimum absolute atomic E-state index is 0.0987. The normalized spacial score (nSPS) is 11.8. The molecule has 0 fully saturated rings. The Morgan fingerprint density at radius 1 is 1.12 bits per heavy atom. The summed E-state index contributed by atoms with van der Waals surface area (Å²) in [6.07, 6.45) is 3.36. The van der Waals surface area contributed by atoms with E-state index in [1.165, 1.54) is 27.8 Å². The van der Waals surface area contributed by atoms with Crippen LogP contribution >= 0.6 is 11.3 Å². The van der Waals surface area contributed by atoms with Crippen molar-refractivity contribution >= 4 is 33.3 Å². The third kappa shape index (κ3) is 4.90. The summed E-state index contributed by atoms with van der Waals surface area (Å²) in [5.74, 6) is 0.454. The van der Waals surface area contributed by atoms with Gasteiger partial charge in [-0.05, 0) is 36.0 Å². The molecule has 172 valence electrons. The van der Waals surface area contributed by atoms with Crippen molar-refractivity contribution in [2.75, 3.05) is 5.32 Å². The summed E-state index contributed by atoms with van der Waals surface area (Å²) in [6, 6.07) is 10.2. The van der Waals surface area contributed by atoms with Crippen molar-refractivity contribution in [3.63, 3.8) is 0 Å². The van der Waals surface area contributed by atoms with E-state index in [-0.39, 0.29) is 29.8 Å². The average molecular weight is 464 g/mol. The molecule has 4 aromatic rings. The highest BCUT2D eigenvalue weighted by atomic mass is 32.1. The second-order valence-corrected chi connectivity index (χ2v) is 10.5. The predicted octanol–water partition coefficient (Wildman–Crippen LogP) is 4.65. The Hall–Kier alpha value is -3.26. The molecule has 0 saturated heterocycles. The molecule has 0 aliphatic rings. The van der Waals surface area contributed by atoms with Gasteiger partial charge in [0.25, 0.3) is 5.56 Å². The van der Waals surface area contributed by atoms with Crippen LogP contribution in [0.25, 0.3) is 10.2 Å². The van der Waals surface area contributed by atoms with Crippen molar-refractivity contribution in [3.8, 4) is 0 Å². The summed E-state index contributed by atoms with van der Waals surface area (Å²) in [5, 5.41) is 7.92. The highest BCUT2D eigenvalue weighted by Crippen LogP contribution is 2.25. The first kappa shape index (κ1) is 22.9. The van der Waals surface area contributed by atoms with E-state index in [1.807, 2.05) is 13.8 Å². The minimum Gasteiger partial charge on any atom is -0.311 e. The van der Waals surface area contributed by atoms with Gasteiger partial charge in [0.1, 0.15) is 10.6 Å². The summed E-state index contributed by atoms with van der Waals surface area (Å²) in [7, 11) is 0. The van der Waals surface area contributed by atoms with Gasteiger partial charge in [0.15, 0.2) is 0 Å². The number of fused-ring (bicyclic) bond motifs is 1. The number of carbonyl (C=O) groups is 1. The van der Waals surface area contributed by atoms with Crippen molar-refractivity contribution in [2.24, 2.45) is 0 Å². The molecule has 8 heteroatoms. The van der Waals surface area contributed by atoms with Gasteiger partial charge in [-0.3, -0.25) is 14.2 Å². The molecule has 0 atom stereocenters. The number of hydrogen-bond donors (Lipinski definition) is 1. The first-order valence-corrected chi connectivity index (χ1v) is 11.8. The zero-order chi connectivity index (χ0) is 23.8. The van der Waals surface area contributed by atoms with Gasteiger partial charge >= 0.3 is 0 Å². The van der Waals surface area contributed by atoms with Gasteiger partial charge in [0.2, 0.25) is 5.91 Å². The van der Waals surface area contributed by atoms with Crippen LogP contribution in [0.15, 0.2) is 47.7 Å². The lowest BCUT2D eigenvalue weighted by Crippen LogP contribution is -2.24. The summed E-state index contributed by atoms with van der Waals surface area (Å²) < 4.78 is 3.27. The maximum atomic E-state index is 12.8. The third-order valence-corrected chi connectivity index (χ3v) is 6.99. The molecule has 0 aliphatic carbocycles. The lowest BCUT2D eigenvalue weighted by molar-refractivity contribution is -0.116. The van der Waals surface area contributed by atoms with E-state index in [4.69, 9.17) is 0 Å². The lowest BCUT2D eigenvalue weighted by atomic mass is 9.87. The monoisotopic (exact) mass is 463 g/mol. The first-order valence-electron chi connectivity index (χ1n) is 11.0. The maximum absolute atomic E-state index is 12.8. The molecule has 1 aromatic carbocycles. The van der Waals surface area contributed by atoms with Crippen molar-refractivity contribution in [2.45, 2.75) is 59.5 Å². The van der Waals surface area contributed by atoms with Gasteiger partial charge in [-0.2, -0.15) is 5.10 Å². The molecule has 3 aromatic heterocycles. The number of carbonyl (C=O) groups excluding carboxylic acids is 1. The summed E-state index contributed by atoms with van der Waals surface area (Å²) in [4.78, 5) is 31.7. The number of hydrogen-bond acceptors (Lipinski definition) is 5. The van der Waals surface area contributed by atoms with Gasteiger partial charge in [-0.15, -0.1) is 11.3 Å². The van der Waals surface area contributed by atoms with E-state index in [0.29, 0.717) is 17.7 Å². The smallest absolute Gasteiger partial charge is 0.262 e. The molecule has 0 spiro atoms. The summed E-state index contributed by atoms with van der Waals surface area (Å²) in [6.45, 7) is 11.3. The molecule has 7 nitrogen and oxygen atoms in total. The fourth-order valence-electron chi connectivity index (χ4n) is 3.70. The molecule has 0 radical (unpaired) electrons. The van der Waals surface area contributed by atoms with Crippen LogP contribution in [-0.2, 0) is 23.3 Å². The van der Waals surface area contributed by atoms with Gasteiger partial charge < -0.3 is 5.32 Å². The number of rotatable bonds is 6. The Morgan fingerprint density at radius 3 is 2.55 bits per heavy atom. The van der Waals surface area contributed by atoms with E-state index in [2.05, 4.69) is 60.4 Å². The number of benzene rings is 1. The topological polar surface area (TPSA) is 81.8 Å². The van der Waals surface area contributed by atoms with E-state index in [9.17, 15) is 9.59 Å². The summed E-state index contributed by atoms with van der Waals surface area (Å²) in [5.41, 5.74) is 3.35. The van der Waals surface area contributed by atoms with Crippen LogP contribution in [0.2, 0.25) is 0 Å². The molecular weight excluding hydrogens is 434 g/mol. The van der Waals surface area contributed by atoms with Crippen molar-refractivity contribution in [1.29, 1.82) is 0 Å². The second-order valence-electron chi connectivity index (χ2n) is 9.33. The number of thiophene rings is 1. The van der Waals surface area contributed by atoms with Crippen LogP contribution in [0.3, 0.4) is 0 Å². The molecule has 4 rings (SSSR count). The van der Waals surface area contributed by atoms with Gasteiger partial charge in [0, 0.05) is 23.9 Å². The Bertz CT molecular complexity index is 1360. The molecular formula is C25H29N5O2S. The average Bonchev–Trinajstić information content (AvgIpc) is 3.31. The van der Waals surface area contributed by atoms with Crippen LogP contribution < -0.4 is 10.9 Å². The number of anilines is 1. The van der Waals surface area contributed by atoms with Gasteiger partial charge in [0.05, 0.1) is 24.5 Å². The molecule has 1 amide bonds. The first-order chi connectivity index (χ1) is 15.6. The lowest BCUT2D eigenvalue weighted by Gasteiger charge is -2.19. The molecule has 33 heavy (non-hydrogen) atoms. The fraction of sp³-hybridized carbons (Fsp3) is 0.360. The van der Waals surface area contributed by atoms with Crippen LogP contribution in [0, 0.1) is 13.8 Å². The SMILES string of the molecule is Cc1sc2ncn(CCC(=O)Nc3ccnn3Cc3ccc(C(C)(C)C)cc3)c(=O)c2c1C. The predicted molar refractivity (Wildman–Crippen MR) is 133 cm³/mol. The largest absolute Gasteiger partial charge is 0.311 e. The fourth-order valence-corrected chi connectivity index (χ4v) is 4.69. The quantitative estimate of drug-likeness (QED) is 0.451. The molecule has 3 heterocycles. The van der Waals surface area contributed by atoms with Gasteiger partial charge in [-0.25, -0.2) is 9.67 Å². The van der Waals surface area contributed by atoms with E-state index >= 15 is 0 Å². The second kappa shape index (κ2) is 8.94. The van der Waals surface area contributed by atoms with Crippen molar-refractivity contribution < 1.29 is 4.79 Å². The summed E-state index contributed by atoms with van der Waals surface area (Å²) >= 11 is 1.52. The van der Waals surface area contributed by atoms with E-state index < -0.39 is 0 Å². The molecule has 0 unspecified atom stereocenters. The van der Waals surface area contributed by atoms with E-state index in [0.717, 1.165) is 20.8 Å². The van der Waals surface area contributed by atoms with Gasteiger partial charge in [-0.1, -0.05) is 45.0 Å². The number of aromatic nitrogens is 4. The number of nitrogens with zero attached hydrogens (tertiary/aromatic N) is 4. The number of amides is 1. The zero-order valence-corrected chi connectivity index (χ0v) is 20.5. The Labute approximate surface area is 197 Å². The highest BCUT2D eigenvalue weighted by Gasteiger charge is 2.15. The van der Waals surface area contributed by atoms with Crippen LogP contribution in [-0.4, -0.2) is 25.2 Å². The zero-order valence-electron chi connectivity index (χ0n) is 19.7. The van der Waals surface area contributed by atoms with Crippen molar-refractivity contribution in [3.05, 3.63) is 74.8 Å². The van der Waals surface area contributed by atoms with Crippen LogP contribution in [0.1, 0.15) is 48.8 Å². The van der Waals surface area contributed by atoms with E-state index in [1.54, 1.807) is 16.9 Å². The standard InChI is InChI=1S/C25H29N5O2S/c1-16-17(2)33-23-22(16)24(32)29(15-26-23)13-11-21(31)28-20-10-12-27-30(20)14-18-6-8-19(9-7-18)25(3,4)5/h6-10,12,15H,11,13-14H2,1-5H3,(H,28,31). The molecule has 1 N–H and O–H groups in total. The highest BCUT2D eigenvalue weighted by molar-refractivity contribution is 7.18. The Morgan fingerprint density at radius 2 is 1.85 bits per heavy atom. The maximum Gasteiger partial charge on any atom is 0.262 e. The van der Waals surface area contributed by atoms with Crippen LogP contribution in [0.4, 0.5) is 5.82 Å². The molecule has 0 bridgehead atoms. The molecule has 0 saturated carbocycles. The number of aryl methyl sites for hydroxylation is 3. The number of nitrogens with one attached hydrogen (secondary N) is 1. The Balaban J connectivity index is 1.41. The Kier molecular flexibility index (Phi) is 6.21.